The van der Waals surface area contributed by atoms with Gasteiger partial charge in [0.05, 0.1) is 28.1 Å². The largest absolute Gasteiger partial charge is 0.315 e. The number of rotatable bonds is 4. The van der Waals surface area contributed by atoms with Crippen molar-refractivity contribution in [2.45, 2.75) is 235 Å². The summed E-state index contributed by atoms with van der Waals surface area (Å²) >= 11 is 2.12. The van der Waals surface area contributed by atoms with Crippen molar-refractivity contribution in [1.82, 2.24) is 4.57 Å². The zero-order valence-electron chi connectivity index (χ0n) is 61.4. The van der Waals surface area contributed by atoms with Crippen molar-refractivity contribution in [2.24, 2.45) is 22.7 Å². The Morgan fingerprint density at radius 3 is 1.69 bits per heavy atom. The number of thiophene rings is 1. The second-order valence-electron chi connectivity index (χ2n) is 37.1. The molecule has 7 aliphatic rings. The third-order valence-corrected chi connectivity index (χ3v) is 27.3. The molecule has 2 aliphatic heterocycles. The molecule has 4 heterocycles. The van der Waals surface area contributed by atoms with Crippen LogP contribution in [0.3, 0.4) is 0 Å². The topological polar surface area (TPSA) is 11.4 Å². The monoisotopic (exact) mass is 1270 g/mol. The molecule has 5 heteroatoms. The van der Waals surface area contributed by atoms with Crippen LogP contribution in [0.5, 0.6) is 0 Å². The molecule has 9 aromatic rings. The van der Waals surface area contributed by atoms with Gasteiger partial charge in [0, 0.05) is 54.0 Å². The Labute approximate surface area is 574 Å². The van der Waals surface area contributed by atoms with Gasteiger partial charge in [-0.25, -0.2) is 0 Å². The first-order valence-electron chi connectivity index (χ1n) is 36.5. The van der Waals surface area contributed by atoms with E-state index < -0.39 is 0 Å². The first-order valence-corrected chi connectivity index (χ1v) is 37.4. The number of benzene rings is 7. The zero-order chi connectivity index (χ0) is 67.1. The minimum atomic E-state index is -0.0676. The molecule has 3 atom stereocenters. The van der Waals surface area contributed by atoms with Gasteiger partial charge in [-0.1, -0.05) is 217 Å². The number of hydrogen-bond donors (Lipinski definition) is 0. The van der Waals surface area contributed by atoms with E-state index in [1.807, 2.05) is 0 Å². The van der Waals surface area contributed by atoms with Crippen molar-refractivity contribution in [3.05, 3.63) is 195 Å². The van der Waals surface area contributed by atoms with Crippen LogP contribution in [0.25, 0.3) is 54.3 Å². The van der Waals surface area contributed by atoms with Crippen molar-refractivity contribution in [1.29, 1.82) is 0 Å². The molecular weight excluding hydrogens is 1170 g/mol. The van der Waals surface area contributed by atoms with Gasteiger partial charge >= 0.3 is 0 Å². The van der Waals surface area contributed by atoms with Crippen LogP contribution in [0, 0.1) is 22.7 Å². The van der Waals surface area contributed by atoms with Gasteiger partial charge in [0.15, 0.2) is 0 Å². The van der Waals surface area contributed by atoms with E-state index in [0.717, 1.165) is 32.1 Å². The van der Waals surface area contributed by atoms with E-state index in [9.17, 15) is 0 Å². The molecule has 16 rings (SSSR count). The smallest absolute Gasteiger partial charge is 0.264 e. The molecule has 0 N–H and O–H groups in total. The first kappa shape index (κ1) is 63.0. The van der Waals surface area contributed by atoms with E-state index in [2.05, 4.69) is 305 Å². The van der Waals surface area contributed by atoms with Gasteiger partial charge in [-0.05, 0) is 247 Å². The highest BCUT2D eigenvalue weighted by Gasteiger charge is 2.53. The average molecular weight is 1270 g/mol. The van der Waals surface area contributed by atoms with Gasteiger partial charge in [0.2, 0.25) is 0 Å². The van der Waals surface area contributed by atoms with Crippen LogP contribution in [0.4, 0.5) is 28.4 Å². The zero-order valence-corrected chi connectivity index (χ0v) is 62.2. The molecule has 3 nitrogen and oxygen atoms in total. The molecule has 2 aromatic heterocycles. The fraction of sp³-hybridized carbons (Fsp3) is 0.444. The lowest BCUT2D eigenvalue weighted by atomic mass is 9.34. The molecular formula is C90H104BN3S. The second-order valence-corrected chi connectivity index (χ2v) is 38.2. The van der Waals surface area contributed by atoms with Gasteiger partial charge in [0.1, 0.15) is 0 Å². The normalized spacial score (nSPS) is 22.7. The molecule has 95 heavy (non-hydrogen) atoms. The third-order valence-electron chi connectivity index (χ3n) is 26.1. The minimum absolute atomic E-state index is 0.00131. The molecule has 7 aromatic carbocycles. The summed E-state index contributed by atoms with van der Waals surface area (Å²) in [6.07, 6.45) is 14.5. The number of nitrogens with zero attached hydrogens (tertiary/aromatic N) is 3. The van der Waals surface area contributed by atoms with Crippen LogP contribution in [0.1, 0.15) is 247 Å². The van der Waals surface area contributed by atoms with E-state index >= 15 is 0 Å². The predicted molar refractivity (Wildman–Crippen MR) is 414 cm³/mol. The highest BCUT2D eigenvalue weighted by Crippen LogP contribution is 2.62. The number of anilines is 5. The van der Waals surface area contributed by atoms with Crippen molar-refractivity contribution in [3.8, 4) is 16.8 Å². The standard InChI is InChI=1S/C90H104BN3S/c1-52-27-28-53(2)62-46-65-79(48-63(62)54(52)3)95-82-81(65)94(75-50-70-68(87(14,15)37-39-89(70,18)19)47-64(75)55-25-23-22-24-26-55)78-45-59(93-73-41-56(83(4,5)6)29-32-60(73)61-33-30-57(42-74(61)93)84(7,8)9)44-77-80(78)91(82)72-49-69-71(90(20,21)40-38-88(69,16)17)51-76(72)92(77)58-31-34-66-67(43-58)86(12,13)36-35-85(66,10)11/h22-26,28-34,41-50,52,54,71H,27,35-40,51H2,1-21H3. The molecule has 1 saturated carbocycles. The molecule has 0 amide bonds. The highest BCUT2D eigenvalue weighted by atomic mass is 32.1. The molecule has 0 radical (unpaired) electrons. The summed E-state index contributed by atoms with van der Waals surface area (Å²) in [5, 5.41) is 3.97. The van der Waals surface area contributed by atoms with Crippen LogP contribution in [0.2, 0.25) is 0 Å². The molecule has 0 spiro atoms. The van der Waals surface area contributed by atoms with E-state index in [1.54, 1.807) is 5.57 Å². The summed E-state index contributed by atoms with van der Waals surface area (Å²) in [5.74, 6) is 1.35. The Bertz CT molecular complexity index is 4800. The van der Waals surface area contributed by atoms with E-state index in [0.29, 0.717) is 17.8 Å². The van der Waals surface area contributed by atoms with Crippen molar-refractivity contribution < 1.29 is 0 Å². The lowest BCUT2D eigenvalue weighted by molar-refractivity contribution is 0.121. The van der Waals surface area contributed by atoms with E-state index in [1.165, 1.54) is 168 Å². The molecule has 0 bridgehead atoms. The second kappa shape index (κ2) is 20.6. The Morgan fingerprint density at radius 2 is 1.08 bits per heavy atom. The predicted octanol–water partition coefficient (Wildman–Crippen LogP) is 24.6. The number of fused-ring (bicyclic) bond motifs is 12. The van der Waals surface area contributed by atoms with Crippen molar-refractivity contribution >= 4 is 94.2 Å². The Hall–Kier alpha value is -6.82. The fourth-order valence-corrected chi connectivity index (χ4v) is 20.4. The molecule has 3 unspecified atom stereocenters. The third kappa shape index (κ3) is 9.49. The molecule has 488 valence electrons. The quantitative estimate of drug-likeness (QED) is 0.163. The van der Waals surface area contributed by atoms with Crippen LogP contribution < -0.4 is 20.0 Å². The van der Waals surface area contributed by atoms with E-state index in [-0.39, 0.29) is 50.0 Å². The Morgan fingerprint density at radius 1 is 0.516 bits per heavy atom. The van der Waals surface area contributed by atoms with Crippen molar-refractivity contribution in [3.63, 3.8) is 0 Å². The van der Waals surface area contributed by atoms with Crippen LogP contribution >= 0.6 is 11.3 Å². The maximum absolute atomic E-state index is 2.89. The molecule has 0 saturated heterocycles. The summed E-state index contributed by atoms with van der Waals surface area (Å²) in [7, 11) is 0. The van der Waals surface area contributed by atoms with Gasteiger partial charge in [-0.15, -0.1) is 11.3 Å². The average Bonchev–Trinajstić information content (AvgIpc) is 1.67. The van der Waals surface area contributed by atoms with E-state index in [4.69, 9.17) is 0 Å². The summed E-state index contributed by atoms with van der Waals surface area (Å²) in [6.45, 7) is 52.1. The maximum Gasteiger partial charge on any atom is 0.264 e. The maximum atomic E-state index is 2.89. The summed E-state index contributed by atoms with van der Waals surface area (Å²) in [6, 6.07) is 50.4. The van der Waals surface area contributed by atoms with Gasteiger partial charge in [0.25, 0.3) is 6.71 Å². The van der Waals surface area contributed by atoms with Crippen molar-refractivity contribution in [2.75, 3.05) is 9.80 Å². The number of hydrogen-bond acceptors (Lipinski definition) is 3. The molecule has 1 fully saturated rings. The van der Waals surface area contributed by atoms with Gasteiger partial charge < -0.3 is 14.4 Å². The fourth-order valence-electron chi connectivity index (χ4n) is 19.1. The SMILES string of the molecule is CC1=CCC(C)C(C)c2cc3sc4c(c3cc21)N(c1cc2c(cc1-c1ccccc1)C(C)(C)CCC2(C)C)c1cc(-n2c3cc(C(C)(C)C)ccc3c3ccc(C(C)(C)C)cc32)cc2c1B4C1=C(CC3C(=C1)C(C)(C)CCC3(C)C)N2c1ccc2c(c1)C(C)(C)CCC2(C)C. The first-order chi connectivity index (χ1) is 44.5. The minimum Gasteiger partial charge on any atom is -0.315 e. The summed E-state index contributed by atoms with van der Waals surface area (Å²) in [5.41, 5.74) is 32.0. The van der Waals surface area contributed by atoms with Crippen LogP contribution in [-0.4, -0.2) is 11.3 Å². The van der Waals surface area contributed by atoms with Gasteiger partial charge in [-0.2, -0.15) is 0 Å². The number of aromatic nitrogens is 1. The molecule has 5 aliphatic carbocycles. The van der Waals surface area contributed by atoms with Crippen LogP contribution in [-0.2, 0) is 32.5 Å². The summed E-state index contributed by atoms with van der Waals surface area (Å²) in [4.78, 5) is 5.78. The number of allylic oxidation sites excluding steroid dienone is 6. The highest BCUT2D eigenvalue weighted by molar-refractivity contribution is 7.33. The lowest BCUT2D eigenvalue weighted by Crippen LogP contribution is -2.56. The Kier molecular flexibility index (Phi) is 13.7. The van der Waals surface area contributed by atoms with Gasteiger partial charge in [-0.3, -0.25) is 0 Å². The van der Waals surface area contributed by atoms with Crippen LogP contribution in [0.15, 0.2) is 150 Å². The Balaban J connectivity index is 1.13. The lowest BCUT2D eigenvalue weighted by Gasteiger charge is -2.54. The summed E-state index contributed by atoms with van der Waals surface area (Å²) < 4.78 is 5.60.